The first kappa shape index (κ1) is 19.7. The van der Waals surface area contributed by atoms with Gasteiger partial charge in [-0.05, 0) is 12.1 Å². The van der Waals surface area contributed by atoms with Gasteiger partial charge in [-0.3, -0.25) is 4.79 Å². The number of hydrogen-bond acceptors (Lipinski definition) is 6. The summed E-state index contributed by atoms with van der Waals surface area (Å²) in [5, 5.41) is 9.69. The molecule has 1 aromatic heterocycles. The molecule has 10 heteroatoms. The van der Waals surface area contributed by atoms with E-state index in [9.17, 15) is 13.2 Å². The highest BCUT2D eigenvalue weighted by molar-refractivity contribution is 7.90. The van der Waals surface area contributed by atoms with Gasteiger partial charge in [0.15, 0.2) is 0 Å². The third-order valence-corrected chi connectivity index (χ3v) is 5.27. The number of aromatic nitrogens is 2. The van der Waals surface area contributed by atoms with Gasteiger partial charge in [-0.25, -0.2) is 8.42 Å². The van der Waals surface area contributed by atoms with Crippen LogP contribution in [0.5, 0.6) is 0 Å². The molecule has 0 atom stereocenters. The van der Waals surface area contributed by atoms with Gasteiger partial charge in [-0.15, -0.1) is 5.10 Å². The number of halogens is 2. The summed E-state index contributed by atoms with van der Waals surface area (Å²) in [5.74, 6) is -0.707. The molecule has 0 saturated carbocycles. The summed E-state index contributed by atoms with van der Waals surface area (Å²) in [5.41, 5.74) is -0.331. The molecule has 0 unspecified atom stereocenters. The summed E-state index contributed by atoms with van der Waals surface area (Å²) >= 11 is 12.0. The van der Waals surface area contributed by atoms with E-state index in [1.807, 2.05) is 0 Å². The Morgan fingerprint density at radius 1 is 1.20 bits per heavy atom. The minimum Gasteiger partial charge on any atom is -0.411 e. The summed E-state index contributed by atoms with van der Waals surface area (Å²) in [4.78, 5) is 11.8. The topological polar surface area (TPSA) is 102 Å². The van der Waals surface area contributed by atoms with Crippen LogP contribution in [0.15, 0.2) is 27.8 Å². The first-order chi connectivity index (χ1) is 11.5. The first-order valence-electron chi connectivity index (χ1n) is 7.27. The number of benzene rings is 1. The van der Waals surface area contributed by atoms with E-state index in [-0.39, 0.29) is 34.0 Å². The number of nitrogens with zero attached hydrogens (tertiary/aromatic N) is 2. The van der Waals surface area contributed by atoms with Crippen LogP contribution in [-0.2, 0) is 26.9 Å². The molecule has 0 fully saturated rings. The fourth-order valence-corrected chi connectivity index (χ4v) is 3.67. The lowest BCUT2D eigenvalue weighted by molar-refractivity contribution is -0.128. The van der Waals surface area contributed by atoms with Gasteiger partial charge in [-0.1, -0.05) is 55.1 Å². The maximum atomic E-state index is 12.4. The van der Waals surface area contributed by atoms with Gasteiger partial charge in [0.05, 0.1) is 12.3 Å². The van der Waals surface area contributed by atoms with Gasteiger partial charge in [0.2, 0.25) is 21.6 Å². The van der Waals surface area contributed by atoms with Crippen molar-refractivity contribution in [3.05, 3.63) is 39.7 Å². The van der Waals surface area contributed by atoms with Crippen molar-refractivity contribution in [2.24, 2.45) is 5.41 Å². The van der Waals surface area contributed by atoms with Gasteiger partial charge >= 0.3 is 5.22 Å². The molecule has 0 saturated heterocycles. The number of carbonyl (C=O) groups excluding carboxylic acids is 1. The van der Waals surface area contributed by atoms with Gasteiger partial charge in [0.25, 0.3) is 0 Å². The van der Waals surface area contributed by atoms with Crippen molar-refractivity contribution in [2.75, 3.05) is 0 Å². The molecule has 7 nitrogen and oxygen atoms in total. The largest absolute Gasteiger partial charge is 0.411 e. The molecule has 25 heavy (non-hydrogen) atoms. The predicted molar refractivity (Wildman–Crippen MR) is 93.0 cm³/mol. The molecule has 2 rings (SSSR count). The van der Waals surface area contributed by atoms with Crippen molar-refractivity contribution in [1.82, 2.24) is 15.5 Å². The average molecular weight is 406 g/mol. The molecule has 1 heterocycles. The zero-order valence-electron chi connectivity index (χ0n) is 13.8. The maximum Gasteiger partial charge on any atom is 0.335 e. The summed E-state index contributed by atoms with van der Waals surface area (Å²) < 4.78 is 30.0. The molecule has 1 amide bonds. The van der Waals surface area contributed by atoms with E-state index in [0.717, 1.165) is 0 Å². The molecular weight excluding hydrogens is 389 g/mol. The molecule has 0 aliphatic carbocycles. The Morgan fingerprint density at radius 3 is 2.36 bits per heavy atom. The second-order valence-electron chi connectivity index (χ2n) is 6.35. The van der Waals surface area contributed by atoms with Gasteiger partial charge in [-0.2, -0.15) is 0 Å². The van der Waals surface area contributed by atoms with E-state index in [0.29, 0.717) is 0 Å². The first-order valence-corrected chi connectivity index (χ1v) is 9.68. The average Bonchev–Trinajstić information content (AvgIpc) is 2.97. The zero-order chi connectivity index (χ0) is 18.8. The van der Waals surface area contributed by atoms with Crippen molar-refractivity contribution in [3.8, 4) is 0 Å². The number of hydrogen-bond donors (Lipinski definition) is 1. The molecule has 0 bridgehead atoms. The lowest BCUT2D eigenvalue weighted by atomic mass is 9.96. The van der Waals surface area contributed by atoms with E-state index < -0.39 is 26.2 Å². The summed E-state index contributed by atoms with van der Waals surface area (Å²) in [7, 11) is -3.93. The van der Waals surface area contributed by atoms with Gasteiger partial charge < -0.3 is 9.73 Å². The van der Waals surface area contributed by atoms with Crippen LogP contribution in [0.3, 0.4) is 0 Å². The Kier molecular flexibility index (Phi) is 5.75. The number of carbonyl (C=O) groups is 1. The van der Waals surface area contributed by atoms with E-state index >= 15 is 0 Å². The lowest BCUT2D eigenvalue weighted by Gasteiger charge is -2.16. The normalized spacial score (nSPS) is 12.2. The highest BCUT2D eigenvalue weighted by atomic mass is 35.5. The quantitative estimate of drug-likeness (QED) is 0.819. The Labute approximate surface area is 155 Å². The van der Waals surface area contributed by atoms with Crippen molar-refractivity contribution < 1.29 is 17.6 Å². The van der Waals surface area contributed by atoms with E-state index in [2.05, 4.69) is 15.5 Å². The molecule has 0 aliphatic heterocycles. The highest BCUT2D eigenvalue weighted by Gasteiger charge is 2.26. The Hall–Kier alpha value is -1.64. The summed E-state index contributed by atoms with van der Waals surface area (Å²) in [6, 6.07) is 4.70. The third-order valence-electron chi connectivity index (χ3n) is 3.19. The molecule has 0 aliphatic rings. The second kappa shape index (κ2) is 7.31. The molecule has 2 aromatic rings. The van der Waals surface area contributed by atoms with Crippen LogP contribution in [0.2, 0.25) is 10.0 Å². The van der Waals surface area contributed by atoms with Crippen LogP contribution < -0.4 is 5.32 Å². The van der Waals surface area contributed by atoms with E-state index in [1.54, 1.807) is 39.0 Å². The van der Waals surface area contributed by atoms with E-state index in [1.165, 1.54) is 0 Å². The Morgan fingerprint density at radius 2 is 1.80 bits per heavy atom. The maximum absolute atomic E-state index is 12.4. The number of nitrogens with one attached hydrogen (secondary N) is 1. The van der Waals surface area contributed by atoms with Crippen LogP contribution in [0.1, 0.15) is 32.2 Å². The van der Waals surface area contributed by atoms with Crippen molar-refractivity contribution in [1.29, 1.82) is 0 Å². The Balaban J connectivity index is 2.14. The van der Waals surface area contributed by atoms with Crippen LogP contribution in [-0.4, -0.2) is 24.5 Å². The van der Waals surface area contributed by atoms with Crippen LogP contribution >= 0.6 is 23.2 Å². The van der Waals surface area contributed by atoms with Crippen molar-refractivity contribution in [3.63, 3.8) is 0 Å². The summed E-state index contributed by atoms with van der Waals surface area (Å²) in [6.45, 7) is 5.18. The minimum atomic E-state index is -3.93. The van der Waals surface area contributed by atoms with Crippen molar-refractivity contribution >= 4 is 38.9 Å². The molecule has 1 N–H and O–H groups in total. The highest BCUT2D eigenvalue weighted by Crippen LogP contribution is 2.28. The lowest BCUT2D eigenvalue weighted by Crippen LogP contribution is -2.34. The van der Waals surface area contributed by atoms with Crippen LogP contribution in [0.4, 0.5) is 0 Å². The fraction of sp³-hybridized carbons (Fsp3) is 0.400. The molecule has 0 radical (unpaired) electrons. The monoisotopic (exact) mass is 405 g/mol. The number of sulfone groups is 1. The van der Waals surface area contributed by atoms with Gasteiger partial charge in [0, 0.05) is 21.0 Å². The molecular formula is C15H17Cl2N3O4S. The standard InChI is InChI=1S/C15H17Cl2N3O4S/c1-15(2,3)13(21)18-7-12-19-20-14(24-12)25(22,23)8-9-10(16)5-4-6-11(9)17/h4-6H,7-8H2,1-3H3,(H,18,21). The molecule has 136 valence electrons. The summed E-state index contributed by atoms with van der Waals surface area (Å²) in [6.07, 6.45) is 0. The number of rotatable bonds is 5. The second-order valence-corrected chi connectivity index (χ2v) is 9.04. The predicted octanol–water partition coefficient (Wildman–Crippen LogP) is 3.01. The third kappa shape index (κ3) is 4.93. The molecule has 1 aromatic carbocycles. The smallest absolute Gasteiger partial charge is 0.335 e. The zero-order valence-corrected chi connectivity index (χ0v) is 16.2. The van der Waals surface area contributed by atoms with Gasteiger partial charge in [0.1, 0.15) is 0 Å². The minimum absolute atomic E-state index is 0.0126. The van der Waals surface area contributed by atoms with Crippen LogP contribution in [0.25, 0.3) is 0 Å². The van der Waals surface area contributed by atoms with E-state index in [4.69, 9.17) is 27.6 Å². The molecule has 0 spiro atoms. The Bertz CT molecular complexity index is 868. The SMILES string of the molecule is CC(C)(C)C(=O)NCc1nnc(S(=O)(=O)Cc2c(Cl)cccc2Cl)o1. The van der Waals surface area contributed by atoms with Crippen molar-refractivity contribution in [2.45, 2.75) is 38.3 Å². The van der Waals surface area contributed by atoms with Crippen LogP contribution in [0, 0.1) is 5.41 Å². The number of amides is 1. The fourth-order valence-electron chi connectivity index (χ4n) is 1.78.